The molecule has 5 rings (SSSR count). The Morgan fingerprint density at radius 3 is 2.37 bits per heavy atom. The largest absolute Gasteiger partial charge is 0.339 e. The third kappa shape index (κ3) is 4.90. The lowest BCUT2D eigenvalue weighted by Gasteiger charge is -2.35. The number of thioether (sulfide) groups is 1. The van der Waals surface area contributed by atoms with Gasteiger partial charge in [-0.05, 0) is 6.07 Å². The van der Waals surface area contributed by atoms with Gasteiger partial charge in [0.05, 0.1) is 16.7 Å². The summed E-state index contributed by atoms with van der Waals surface area (Å²) in [7, 11) is 1.69. The quantitative estimate of drug-likeness (QED) is 0.509. The molecule has 0 bridgehead atoms. The third-order valence-corrected chi connectivity index (χ3v) is 8.14. The Morgan fingerprint density at radius 1 is 1.03 bits per heavy atom. The van der Waals surface area contributed by atoms with Crippen molar-refractivity contribution in [1.29, 1.82) is 0 Å². The first-order chi connectivity index (χ1) is 18.2. The molecule has 8 nitrogen and oxygen atoms in total. The Kier molecular flexibility index (Phi) is 7.20. The maximum Gasteiger partial charge on any atom is 0.242 e. The molecule has 2 aliphatic rings. The topological polar surface area (TPSA) is 78.8 Å². The van der Waals surface area contributed by atoms with Crippen LogP contribution < -0.4 is 4.90 Å². The minimum Gasteiger partial charge on any atom is -0.339 e. The van der Waals surface area contributed by atoms with Crippen LogP contribution in [0.4, 0.5) is 14.6 Å². The maximum absolute atomic E-state index is 15.1. The Hall–Kier alpha value is -3.73. The predicted octanol–water partition coefficient (Wildman–Crippen LogP) is 3.23. The summed E-state index contributed by atoms with van der Waals surface area (Å²) < 4.78 is 30.4. The lowest BCUT2D eigenvalue weighted by Crippen LogP contribution is -2.53. The van der Waals surface area contributed by atoms with E-state index in [4.69, 9.17) is 5.10 Å². The molecule has 3 aromatic rings. The van der Waals surface area contributed by atoms with Gasteiger partial charge in [-0.1, -0.05) is 36.4 Å². The monoisotopic (exact) mass is 539 g/mol. The molecule has 1 aromatic heterocycles. The summed E-state index contributed by atoms with van der Waals surface area (Å²) in [5.74, 6) is -1.59. The fraction of sp³-hybridized carbons (Fsp3) is 0.333. The highest BCUT2D eigenvalue weighted by molar-refractivity contribution is 8.00. The van der Waals surface area contributed by atoms with Crippen molar-refractivity contribution in [2.45, 2.75) is 12.2 Å². The number of benzene rings is 2. The van der Waals surface area contributed by atoms with E-state index in [9.17, 15) is 18.8 Å². The highest BCUT2D eigenvalue weighted by atomic mass is 32.2. The fourth-order valence-corrected chi connectivity index (χ4v) is 6.18. The first kappa shape index (κ1) is 25.9. The van der Waals surface area contributed by atoms with E-state index < -0.39 is 16.9 Å². The molecular weight excluding hydrogens is 512 g/mol. The van der Waals surface area contributed by atoms with E-state index in [0.29, 0.717) is 43.3 Å². The molecule has 1 unspecified atom stereocenters. The van der Waals surface area contributed by atoms with E-state index in [1.54, 1.807) is 21.5 Å². The lowest BCUT2D eigenvalue weighted by atomic mass is 9.99. The molecule has 2 aromatic carbocycles. The van der Waals surface area contributed by atoms with E-state index in [-0.39, 0.29) is 35.6 Å². The SMILES string of the molecule is CC(=O)N1CCN(C(=O)CN2C(=O)CSC(c3ccc(F)cc3F)c3c(-c4ccccc4)nn(C)c32)CC1. The molecule has 38 heavy (non-hydrogen) atoms. The van der Waals surface area contributed by atoms with Gasteiger partial charge in [0.2, 0.25) is 17.7 Å². The molecule has 0 saturated carbocycles. The number of amides is 3. The van der Waals surface area contributed by atoms with Gasteiger partial charge < -0.3 is 9.80 Å². The molecule has 0 aliphatic carbocycles. The first-order valence-electron chi connectivity index (χ1n) is 12.3. The summed E-state index contributed by atoms with van der Waals surface area (Å²) in [5, 5.41) is 4.05. The number of aromatic nitrogens is 2. The van der Waals surface area contributed by atoms with Gasteiger partial charge >= 0.3 is 0 Å². The van der Waals surface area contributed by atoms with Crippen molar-refractivity contribution in [3.8, 4) is 11.3 Å². The van der Waals surface area contributed by atoms with Crippen LogP contribution in [0.3, 0.4) is 0 Å². The number of hydrogen-bond donors (Lipinski definition) is 0. The molecule has 0 spiro atoms. The average Bonchev–Trinajstić information content (AvgIpc) is 3.17. The minimum atomic E-state index is -0.711. The molecular formula is C27H27F2N5O3S. The average molecular weight is 540 g/mol. The summed E-state index contributed by atoms with van der Waals surface area (Å²) in [4.78, 5) is 43.2. The van der Waals surface area contributed by atoms with Gasteiger partial charge in [0.25, 0.3) is 0 Å². The number of hydrogen-bond acceptors (Lipinski definition) is 5. The molecule has 0 N–H and O–H groups in total. The molecule has 198 valence electrons. The number of fused-ring (bicyclic) bond motifs is 1. The Labute approximate surface area is 223 Å². The molecule has 3 heterocycles. The van der Waals surface area contributed by atoms with Crippen LogP contribution in [-0.2, 0) is 21.4 Å². The lowest BCUT2D eigenvalue weighted by molar-refractivity contribution is -0.137. The van der Waals surface area contributed by atoms with Crippen molar-refractivity contribution in [1.82, 2.24) is 19.6 Å². The van der Waals surface area contributed by atoms with Gasteiger partial charge in [-0.2, -0.15) is 5.10 Å². The van der Waals surface area contributed by atoms with Crippen molar-refractivity contribution < 1.29 is 23.2 Å². The van der Waals surface area contributed by atoms with Crippen LogP contribution in [0.15, 0.2) is 48.5 Å². The van der Waals surface area contributed by atoms with Crippen molar-refractivity contribution in [3.63, 3.8) is 0 Å². The second-order valence-corrected chi connectivity index (χ2v) is 10.4. The van der Waals surface area contributed by atoms with Gasteiger partial charge in [-0.25, -0.2) is 8.78 Å². The maximum atomic E-state index is 15.1. The van der Waals surface area contributed by atoms with Gasteiger partial charge in [-0.3, -0.25) is 24.0 Å². The molecule has 2 aliphatic heterocycles. The first-order valence-corrected chi connectivity index (χ1v) is 13.3. The summed E-state index contributed by atoms with van der Waals surface area (Å²) >= 11 is 1.22. The number of carbonyl (C=O) groups excluding carboxylic acids is 3. The van der Waals surface area contributed by atoms with Gasteiger partial charge in [0.15, 0.2) is 0 Å². The Bertz CT molecular complexity index is 1390. The zero-order valence-corrected chi connectivity index (χ0v) is 21.9. The standard InChI is InChI=1S/C27H27F2N5O3S/c1-17(35)32-10-12-33(13-11-32)22(36)15-34-23(37)16-38-26(20-9-8-19(28)14-21(20)29)24-25(30-31(2)27(24)34)18-6-4-3-5-7-18/h3-9,14,26H,10-13,15-16H2,1-2H3. The number of piperazine rings is 1. The molecule has 1 atom stereocenters. The van der Waals surface area contributed by atoms with Crippen molar-refractivity contribution >= 4 is 35.3 Å². The van der Waals surface area contributed by atoms with E-state index in [0.717, 1.165) is 11.6 Å². The summed E-state index contributed by atoms with van der Waals surface area (Å²) in [6.45, 7) is 2.93. The number of carbonyl (C=O) groups is 3. The number of rotatable bonds is 4. The van der Waals surface area contributed by atoms with Crippen LogP contribution in [0.25, 0.3) is 11.3 Å². The Balaban J connectivity index is 1.56. The number of anilines is 1. The zero-order valence-electron chi connectivity index (χ0n) is 21.1. The van der Waals surface area contributed by atoms with Crippen LogP contribution >= 0.6 is 11.8 Å². The zero-order chi connectivity index (χ0) is 27.0. The van der Waals surface area contributed by atoms with Crippen molar-refractivity contribution in [2.24, 2.45) is 7.05 Å². The van der Waals surface area contributed by atoms with Crippen molar-refractivity contribution in [3.05, 3.63) is 71.3 Å². The van der Waals surface area contributed by atoms with E-state index in [2.05, 4.69) is 0 Å². The summed E-state index contributed by atoms with van der Waals surface area (Å²) in [5.41, 5.74) is 2.17. The molecule has 11 heteroatoms. The Morgan fingerprint density at radius 2 is 1.71 bits per heavy atom. The fourth-order valence-electron chi connectivity index (χ4n) is 4.96. The summed E-state index contributed by atoms with van der Waals surface area (Å²) in [6, 6.07) is 12.8. The highest BCUT2D eigenvalue weighted by Gasteiger charge is 2.38. The molecule has 1 saturated heterocycles. The van der Waals surface area contributed by atoms with E-state index in [1.807, 2.05) is 30.3 Å². The second kappa shape index (κ2) is 10.6. The van der Waals surface area contributed by atoms with E-state index >= 15 is 4.39 Å². The third-order valence-electron chi connectivity index (χ3n) is 6.91. The van der Waals surface area contributed by atoms with Crippen molar-refractivity contribution in [2.75, 3.05) is 43.4 Å². The van der Waals surface area contributed by atoms with Crippen LogP contribution in [0.2, 0.25) is 0 Å². The number of nitrogens with zero attached hydrogens (tertiary/aromatic N) is 5. The van der Waals surface area contributed by atoms with Gasteiger partial charge in [0.1, 0.15) is 24.0 Å². The second-order valence-electron chi connectivity index (χ2n) is 9.30. The van der Waals surface area contributed by atoms with Crippen LogP contribution in [0.1, 0.15) is 23.3 Å². The number of aryl methyl sites for hydroxylation is 1. The van der Waals surface area contributed by atoms with Crippen LogP contribution in [0.5, 0.6) is 0 Å². The van der Waals surface area contributed by atoms with Gasteiger partial charge in [-0.15, -0.1) is 11.8 Å². The minimum absolute atomic E-state index is 0.00418. The summed E-state index contributed by atoms with van der Waals surface area (Å²) in [6.07, 6.45) is 0. The molecule has 0 radical (unpaired) electrons. The molecule has 3 amide bonds. The highest BCUT2D eigenvalue weighted by Crippen LogP contribution is 2.48. The molecule has 1 fully saturated rings. The normalized spacial score (nSPS) is 17.8. The van der Waals surface area contributed by atoms with Gasteiger partial charge in [0, 0.05) is 62.9 Å². The van der Waals surface area contributed by atoms with E-state index in [1.165, 1.54) is 35.7 Å². The smallest absolute Gasteiger partial charge is 0.242 e. The number of halogens is 2. The predicted molar refractivity (Wildman–Crippen MR) is 140 cm³/mol. The van der Waals surface area contributed by atoms with Crippen LogP contribution in [-0.4, -0.2) is 75.8 Å². The van der Waals surface area contributed by atoms with Crippen LogP contribution in [0, 0.1) is 11.6 Å².